The van der Waals surface area contributed by atoms with E-state index in [1.165, 1.54) is 10.8 Å². The number of hydrogen-bond acceptors (Lipinski definition) is 5. The first-order valence-corrected chi connectivity index (χ1v) is 5.73. The third-order valence-electron chi connectivity index (χ3n) is 3.07. The van der Waals surface area contributed by atoms with Crippen molar-refractivity contribution < 1.29 is 13.2 Å². The lowest BCUT2D eigenvalue weighted by Crippen LogP contribution is -2.28. The molecule has 1 atom stereocenters. The molecule has 2 aromatic rings. The summed E-state index contributed by atoms with van der Waals surface area (Å²) in [5, 5.41) is 3.90. The van der Waals surface area contributed by atoms with Crippen molar-refractivity contribution in [2.45, 2.75) is 18.6 Å². The summed E-state index contributed by atoms with van der Waals surface area (Å²) in [6, 6.07) is 0.945. The quantitative estimate of drug-likeness (QED) is 0.826. The summed E-state index contributed by atoms with van der Waals surface area (Å²) in [4.78, 5) is 8.96. The molecule has 1 aliphatic heterocycles. The van der Waals surface area contributed by atoms with Crippen LogP contribution in [-0.4, -0.2) is 38.7 Å². The van der Waals surface area contributed by atoms with Gasteiger partial charge in [0.15, 0.2) is 5.69 Å². The fraction of sp³-hybridized carbons (Fsp3) is 0.500. The highest BCUT2D eigenvalue weighted by Gasteiger charge is 2.35. The van der Waals surface area contributed by atoms with Crippen LogP contribution in [0.5, 0.6) is 0 Å². The minimum absolute atomic E-state index is 0.0407. The molecule has 1 fully saturated rings. The zero-order chi connectivity index (χ0) is 13.6. The molecule has 1 unspecified atom stereocenters. The Balaban J connectivity index is 2.13. The Bertz CT molecular complexity index is 607. The Morgan fingerprint density at radius 3 is 2.79 bits per heavy atom. The Morgan fingerprint density at radius 1 is 1.37 bits per heavy atom. The van der Waals surface area contributed by atoms with Crippen molar-refractivity contribution in [1.82, 2.24) is 19.6 Å². The topological polar surface area (TPSA) is 72.3 Å². The smallest absolute Gasteiger partial charge is 0.355 e. The second-order valence-electron chi connectivity index (χ2n) is 4.46. The van der Waals surface area contributed by atoms with Crippen LogP contribution >= 0.6 is 0 Å². The number of nitrogens with zero attached hydrogens (tertiary/aromatic N) is 5. The molecule has 0 saturated carbocycles. The van der Waals surface area contributed by atoms with Gasteiger partial charge in [0.2, 0.25) is 0 Å². The van der Waals surface area contributed by atoms with Crippen LogP contribution in [0.3, 0.4) is 0 Å². The maximum Gasteiger partial charge on any atom is 0.433 e. The average Bonchev–Trinajstić information content (AvgIpc) is 2.94. The molecular formula is C10H11F3N6. The van der Waals surface area contributed by atoms with E-state index in [-0.39, 0.29) is 11.8 Å². The van der Waals surface area contributed by atoms with Crippen LogP contribution in [0.15, 0.2) is 12.4 Å². The third kappa shape index (κ3) is 2.09. The molecule has 3 rings (SSSR count). The molecule has 19 heavy (non-hydrogen) atoms. The van der Waals surface area contributed by atoms with Gasteiger partial charge in [0.05, 0.1) is 0 Å². The van der Waals surface area contributed by atoms with Crippen molar-refractivity contribution in [3.8, 4) is 0 Å². The number of rotatable bonds is 1. The van der Waals surface area contributed by atoms with Gasteiger partial charge in [0.1, 0.15) is 12.1 Å². The van der Waals surface area contributed by atoms with Gasteiger partial charge in [-0.3, -0.25) is 0 Å². The van der Waals surface area contributed by atoms with Gasteiger partial charge in [-0.2, -0.15) is 27.8 Å². The molecule has 1 aliphatic rings. The Labute approximate surface area is 106 Å². The molecule has 1 saturated heterocycles. The van der Waals surface area contributed by atoms with E-state index in [1.54, 1.807) is 4.90 Å². The van der Waals surface area contributed by atoms with E-state index in [2.05, 4.69) is 15.1 Å². The predicted molar refractivity (Wildman–Crippen MR) is 60.6 cm³/mol. The highest BCUT2D eigenvalue weighted by molar-refractivity contribution is 5.48. The van der Waals surface area contributed by atoms with Gasteiger partial charge < -0.3 is 10.6 Å². The number of fused-ring (bicyclic) bond motifs is 1. The molecule has 0 aromatic carbocycles. The molecule has 2 aromatic heterocycles. The minimum Gasteiger partial charge on any atom is -0.355 e. The standard InChI is InChI=1S/C10H11F3N6/c11-10(12,13)7-3-8(18-2-1-6(14)4-18)19-9(17-7)15-5-16-19/h3,5-6H,1-2,4,14H2. The summed E-state index contributed by atoms with van der Waals surface area (Å²) in [6.45, 7) is 1.09. The summed E-state index contributed by atoms with van der Waals surface area (Å²) in [5.74, 6) is 0.257. The van der Waals surface area contributed by atoms with E-state index in [4.69, 9.17) is 5.73 Å². The van der Waals surface area contributed by atoms with Crippen LogP contribution in [0, 0.1) is 0 Å². The minimum atomic E-state index is -4.51. The average molecular weight is 272 g/mol. The zero-order valence-electron chi connectivity index (χ0n) is 9.80. The van der Waals surface area contributed by atoms with Crippen molar-refractivity contribution in [2.24, 2.45) is 5.73 Å². The first-order chi connectivity index (χ1) is 8.95. The fourth-order valence-electron chi connectivity index (χ4n) is 2.16. The van der Waals surface area contributed by atoms with E-state index < -0.39 is 11.9 Å². The maximum atomic E-state index is 12.8. The molecule has 9 heteroatoms. The lowest BCUT2D eigenvalue weighted by atomic mass is 10.3. The second kappa shape index (κ2) is 4.05. The normalized spacial score (nSPS) is 20.4. The first kappa shape index (κ1) is 12.2. The van der Waals surface area contributed by atoms with Crippen molar-refractivity contribution in [2.75, 3.05) is 18.0 Å². The van der Waals surface area contributed by atoms with Gasteiger partial charge in [-0.1, -0.05) is 0 Å². The molecule has 2 N–H and O–H groups in total. The largest absolute Gasteiger partial charge is 0.433 e. The van der Waals surface area contributed by atoms with Crippen molar-refractivity contribution >= 4 is 11.6 Å². The van der Waals surface area contributed by atoms with Crippen LogP contribution in [0.4, 0.5) is 19.0 Å². The predicted octanol–water partition coefficient (Wildman–Crippen LogP) is 0.680. The number of anilines is 1. The van der Waals surface area contributed by atoms with E-state index in [9.17, 15) is 13.2 Å². The SMILES string of the molecule is NC1CCN(c2cc(C(F)(F)F)nc3ncnn23)C1. The maximum absolute atomic E-state index is 12.8. The second-order valence-corrected chi connectivity index (χ2v) is 4.46. The molecule has 0 aliphatic carbocycles. The Kier molecular flexibility index (Phi) is 2.59. The summed E-state index contributed by atoms with van der Waals surface area (Å²) >= 11 is 0. The number of alkyl halides is 3. The fourth-order valence-corrected chi connectivity index (χ4v) is 2.16. The number of halogens is 3. The van der Waals surface area contributed by atoms with Crippen LogP contribution in [0.1, 0.15) is 12.1 Å². The molecular weight excluding hydrogens is 261 g/mol. The van der Waals surface area contributed by atoms with Crippen molar-refractivity contribution in [3.63, 3.8) is 0 Å². The number of aromatic nitrogens is 4. The van der Waals surface area contributed by atoms with Crippen LogP contribution in [0.2, 0.25) is 0 Å². The summed E-state index contributed by atoms with van der Waals surface area (Å²) in [7, 11) is 0. The number of nitrogens with two attached hydrogens (primary N) is 1. The van der Waals surface area contributed by atoms with E-state index in [1.807, 2.05) is 0 Å². The van der Waals surface area contributed by atoms with Gasteiger partial charge in [-0.15, -0.1) is 0 Å². The zero-order valence-corrected chi connectivity index (χ0v) is 9.80. The van der Waals surface area contributed by atoms with Gasteiger partial charge >= 0.3 is 6.18 Å². The van der Waals surface area contributed by atoms with Crippen LogP contribution < -0.4 is 10.6 Å². The van der Waals surface area contributed by atoms with Gasteiger partial charge in [0.25, 0.3) is 5.78 Å². The third-order valence-corrected chi connectivity index (χ3v) is 3.07. The lowest BCUT2D eigenvalue weighted by Gasteiger charge is -2.19. The number of hydrogen-bond donors (Lipinski definition) is 1. The Morgan fingerprint density at radius 2 is 2.16 bits per heavy atom. The first-order valence-electron chi connectivity index (χ1n) is 5.73. The molecule has 6 nitrogen and oxygen atoms in total. The summed E-state index contributed by atoms with van der Waals surface area (Å²) in [6.07, 6.45) is -2.59. The Hall–Kier alpha value is -1.90. The van der Waals surface area contributed by atoms with E-state index >= 15 is 0 Å². The molecule has 0 spiro atoms. The van der Waals surface area contributed by atoms with E-state index in [0.29, 0.717) is 18.9 Å². The van der Waals surface area contributed by atoms with Crippen LogP contribution in [0.25, 0.3) is 5.78 Å². The van der Waals surface area contributed by atoms with Gasteiger partial charge in [-0.25, -0.2) is 4.98 Å². The molecule has 0 bridgehead atoms. The highest BCUT2D eigenvalue weighted by atomic mass is 19.4. The molecule has 0 radical (unpaired) electrons. The summed E-state index contributed by atoms with van der Waals surface area (Å²) in [5.41, 5.74) is 4.81. The van der Waals surface area contributed by atoms with Gasteiger partial charge in [0, 0.05) is 25.2 Å². The molecule has 3 heterocycles. The van der Waals surface area contributed by atoms with Crippen molar-refractivity contribution in [3.05, 3.63) is 18.1 Å². The van der Waals surface area contributed by atoms with E-state index in [0.717, 1.165) is 12.5 Å². The molecule has 102 valence electrons. The summed E-state index contributed by atoms with van der Waals surface area (Å²) < 4.78 is 39.7. The lowest BCUT2D eigenvalue weighted by molar-refractivity contribution is -0.141. The van der Waals surface area contributed by atoms with Crippen LogP contribution in [-0.2, 0) is 6.18 Å². The van der Waals surface area contributed by atoms with Crippen molar-refractivity contribution in [1.29, 1.82) is 0 Å². The molecule has 0 amide bonds. The highest BCUT2D eigenvalue weighted by Crippen LogP contribution is 2.31. The van der Waals surface area contributed by atoms with Gasteiger partial charge in [-0.05, 0) is 6.42 Å². The monoisotopic (exact) mass is 272 g/mol.